The summed E-state index contributed by atoms with van der Waals surface area (Å²) in [6.07, 6.45) is 0. The fourth-order valence-electron chi connectivity index (χ4n) is 1.31. The number of aryl methyl sites for hydroxylation is 2. The molecule has 2 N–H and O–H groups in total. The molecule has 0 fully saturated rings. The van der Waals surface area contributed by atoms with Crippen molar-refractivity contribution in [2.75, 3.05) is 6.61 Å². The number of hydrogen-bond acceptors (Lipinski definition) is 5. The fraction of sp³-hybridized carbons (Fsp3) is 0.667. The summed E-state index contributed by atoms with van der Waals surface area (Å²) in [6.45, 7) is 5.96. The third-order valence-corrected chi connectivity index (χ3v) is 3.98. The Labute approximate surface area is 94.7 Å². The molecule has 0 amide bonds. The maximum absolute atomic E-state index is 12.0. The Balaban J connectivity index is 3.14. The van der Waals surface area contributed by atoms with Crippen molar-refractivity contribution in [1.82, 2.24) is 9.88 Å². The monoisotopic (exact) mass is 248 g/mol. The third kappa shape index (κ3) is 2.60. The normalized spacial score (nSPS) is 13.1. The first-order valence-corrected chi connectivity index (χ1v) is 6.25. The molecule has 1 aromatic heterocycles. The van der Waals surface area contributed by atoms with E-state index in [1.807, 2.05) is 0 Å². The van der Waals surface area contributed by atoms with E-state index in [9.17, 15) is 8.42 Å². The molecule has 6 nitrogen and oxygen atoms in total. The van der Waals surface area contributed by atoms with Crippen LogP contribution < -0.4 is 4.72 Å². The molecule has 1 aromatic rings. The number of aliphatic hydroxyl groups is 1. The Morgan fingerprint density at radius 3 is 2.38 bits per heavy atom. The molecular weight excluding hydrogens is 232 g/mol. The van der Waals surface area contributed by atoms with Gasteiger partial charge in [-0.2, -0.15) is 0 Å². The second-order valence-electron chi connectivity index (χ2n) is 4.30. The van der Waals surface area contributed by atoms with Crippen LogP contribution in [-0.2, 0) is 10.0 Å². The summed E-state index contributed by atoms with van der Waals surface area (Å²) in [5, 5.41) is 12.6. The third-order valence-electron chi connectivity index (χ3n) is 2.04. The van der Waals surface area contributed by atoms with Crippen LogP contribution in [0.2, 0.25) is 0 Å². The van der Waals surface area contributed by atoms with Crippen molar-refractivity contribution >= 4 is 10.0 Å². The highest BCUT2D eigenvalue weighted by Gasteiger charge is 2.30. The van der Waals surface area contributed by atoms with Crippen molar-refractivity contribution in [2.24, 2.45) is 0 Å². The van der Waals surface area contributed by atoms with Crippen LogP contribution in [0, 0.1) is 13.8 Å². The van der Waals surface area contributed by atoms with Gasteiger partial charge in [-0.15, -0.1) is 0 Å². The van der Waals surface area contributed by atoms with Gasteiger partial charge in [0.2, 0.25) is 10.0 Å². The van der Waals surface area contributed by atoms with E-state index in [1.54, 1.807) is 20.8 Å². The van der Waals surface area contributed by atoms with Gasteiger partial charge >= 0.3 is 0 Å². The molecule has 0 radical (unpaired) electrons. The van der Waals surface area contributed by atoms with Crippen LogP contribution in [0.15, 0.2) is 9.42 Å². The highest BCUT2D eigenvalue weighted by atomic mass is 32.2. The Kier molecular flexibility index (Phi) is 3.41. The zero-order valence-electron chi connectivity index (χ0n) is 9.73. The minimum atomic E-state index is -3.71. The minimum absolute atomic E-state index is 0.0361. The van der Waals surface area contributed by atoms with E-state index in [2.05, 4.69) is 9.88 Å². The van der Waals surface area contributed by atoms with Crippen molar-refractivity contribution in [3.63, 3.8) is 0 Å². The quantitative estimate of drug-likeness (QED) is 0.801. The lowest BCUT2D eigenvalue weighted by Gasteiger charge is -2.22. The largest absolute Gasteiger partial charge is 0.394 e. The summed E-state index contributed by atoms with van der Waals surface area (Å²) in [5.74, 6) is 0.235. The van der Waals surface area contributed by atoms with E-state index in [4.69, 9.17) is 9.63 Å². The van der Waals surface area contributed by atoms with E-state index in [1.165, 1.54) is 6.92 Å². The lowest BCUT2D eigenvalue weighted by atomic mass is 10.1. The summed E-state index contributed by atoms with van der Waals surface area (Å²) in [6, 6.07) is 0. The average Bonchev–Trinajstić information content (AvgIpc) is 2.44. The van der Waals surface area contributed by atoms with Crippen LogP contribution in [0.3, 0.4) is 0 Å². The molecule has 0 bridgehead atoms. The van der Waals surface area contributed by atoms with Gasteiger partial charge in [-0.3, -0.25) is 0 Å². The summed E-state index contributed by atoms with van der Waals surface area (Å²) in [5.41, 5.74) is -0.617. The van der Waals surface area contributed by atoms with Crippen molar-refractivity contribution in [3.8, 4) is 0 Å². The van der Waals surface area contributed by atoms with Gasteiger partial charge < -0.3 is 9.63 Å². The minimum Gasteiger partial charge on any atom is -0.394 e. The second-order valence-corrected chi connectivity index (χ2v) is 5.92. The van der Waals surface area contributed by atoms with Gasteiger partial charge in [0.1, 0.15) is 10.6 Å². The predicted molar refractivity (Wildman–Crippen MR) is 57.5 cm³/mol. The van der Waals surface area contributed by atoms with E-state index < -0.39 is 15.6 Å². The number of sulfonamides is 1. The summed E-state index contributed by atoms with van der Waals surface area (Å²) in [7, 11) is -3.71. The number of aromatic nitrogens is 1. The molecule has 0 saturated carbocycles. The molecule has 7 heteroatoms. The number of nitrogens with zero attached hydrogens (tertiary/aromatic N) is 1. The van der Waals surface area contributed by atoms with Crippen LogP contribution in [-0.4, -0.2) is 30.8 Å². The maximum atomic E-state index is 12.0. The summed E-state index contributed by atoms with van der Waals surface area (Å²) in [4.78, 5) is 0.0361. The van der Waals surface area contributed by atoms with E-state index >= 15 is 0 Å². The van der Waals surface area contributed by atoms with Crippen molar-refractivity contribution in [2.45, 2.75) is 38.1 Å². The van der Waals surface area contributed by atoms with E-state index in [0.717, 1.165) is 0 Å². The van der Waals surface area contributed by atoms with Gasteiger partial charge in [-0.05, 0) is 27.7 Å². The number of nitrogens with one attached hydrogen (secondary N) is 1. The first-order valence-electron chi connectivity index (χ1n) is 4.77. The van der Waals surface area contributed by atoms with Gasteiger partial charge in [-0.1, -0.05) is 5.16 Å². The highest BCUT2D eigenvalue weighted by molar-refractivity contribution is 7.89. The summed E-state index contributed by atoms with van der Waals surface area (Å²) >= 11 is 0. The lowest BCUT2D eigenvalue weighted by Crippen LogP contribution is -2.46. The molecule has 0 atom stereocenters. The molecule has 0 unspecified atom stereocenters. The zero-order valence-corrected chi connectivity index (χ0v) is 10.6. The molecular formula is C9H16N2O4S. The highest BCUT2D eigenvalue weighted by Crippen LogP contribution is 2.20. The SMILES string of the molecule is Cc1noc(C)c1S(=O)(=O)NC(C)(C)CO. The first kappa shape index (κ1) is 13.1. The van der Waals surface area contributed by atoms with Crippen molar-refractivity contribution in [3.05, 3.63) is 11.5 Å². The molecule has 0 aliphatic heterocycles. The predicted octanol–water partition coefficient (Wildman–Crippen LogP) is 0.341. The standard InChI is InChI=1S/C9H16N2O4S/c1-6-8(7(2)15-10-6)16(13,14)11-9(3,4)5-12/h11-12H,5H2,1-4H3. The Bertz CT molecular complexity index is 456. The number of hydrogen-bond donors (Lipinski definition) is 2. The van der Waals surface area contributed by atoms with Gasteiger partial charge in [0.25, 0.3) is 0 Å². The second kappa shape index (κ2) is 4.15. The van der Waals surface area contributed by atoms with Gasteiger partial charge in [-0.25, -0.2) is 13.1 Å². The summed E-state index contributed by atoms with van der Waals surface area (Å²) < 4.78 is 31.2. The average molecular weight is 248 g/mol. The van der Waals surface area contributed by atoms with Gasteiger partial charge in [0, 0.05) is 0 Å². The van der Waals surface area contributed by atoms with Crippen molar-refractivity contribution in [1.29, 1.82) is 0 Å². The Hall–Kier alpha value is -0.920. The Morgan fingerprint density at radius 1 is 1.44 bits per heavy atom. The van der Waals surface area contributed by atoms with Crippen LogP contribution in [0.4, 0.5) is 0 Å². The lowest BCUT2D eigenvalue weighted by molar-refractivity contribution is 0.208. The molecule has 92 valence electrons. The molecule has 16 heavy (non-hydrogen) atoms. The number of aliphatic hydroxyl groups excluding tert-OH is 1. The topological polar surface area (TPSA) is 92.4 Å². The van der Waals surface area contributed by atoms with Gasteiger partial charge in [0.15, 0.2) is 5.76 Å². The molecule has 1 heterocycles. The van der Waals surface area contributed by atoms with Crippen LogP contribution in [0.5, 0.6) is 0 Å². The molecule has 0 spiro atoms. The van der Waals surface area contributed by atoms with Crippen LogP contribution >= 0.6 is 0 Å². The molecule has 1 rings (SSSR count). The maximum Gasteiger partial charge on any atom is 0.246 e. The molecule has 0 aliphatic rings. The molecule has 0 aliphatic carbocycles. The molecule has 0 saturated heterocycles. The number of rotatable bonds is 4. The van der Waals surface area contributed by atoms with Crippen molar-refractivity contribution < 1.29 is 18.0 Å². The smallest absolute Gasteiger partial charge is 0.246 e. The van der Waals surface area contributed by atoms with E-state index in [0.29, 0.717) is 5.69 Å². The Morgan fingerprint density at radius 2 is 2.00 bits per heavy atom. The van der Waals surface area contributed by atoms with Crippen LogP contribution in [0.1, 0.15) is 25.3 Å². The van der Waals surface area contributed by atoms with Gasteiger partial charge in [0.05, 0.1) is 12.1 Å². The van der Waals surface area contributed by atoms with E-state index in [-0.39, 0.29) is 17.3 Å². The van der Waals surface area contributed by atoms with Crippen LogP contribution in [0.25, 0.3) is 0 Å². The fourth-order valence-corrected chi connectivity index (χ4v) is 3.04. The zero-order chi connectivity index (χ0) is 12.6. The molecule has 0 aromatic carbocycles. The first-order chi connectivity index (χ1) is 7.19.